The monoisotopic (exact) mass is 414 g/mol. The molecule has 0 heterocycles. The van der Waals surface area contributed by atoms with Crippen LogP contribution in [0.3, 0.4) is 0 Å². The third kappa shape index (κ3) is 3.54. The van der Waals surface area contributed by atoms with Gasteiger partial charge >= 0.3 is 0 Å². The first-order valence-corrected chi connectivity index (χ1v) is 12.8. The van der Waals surface area contributed by atoms with Crippen molar-refractivity contribution in [1.29, 1.82) is 0 Å². The Hall–Kier alpha value is -0.600. The number of aliphatic hydroxyl groups is 2. The molecule has 3 saturated carbocycles. The minimum Gasteiger partial charge on any atom is -0.393 e. The van der Waals surface area contributed by atoms with Crippen molar-refractivity contribution < 1.29 is 10.2 Å². The number of hydrogen-bond donors (Lipinski definition) is 2. The van der Waals surface area contributed by atoms with Gasteiger partial charge in [-0.05, 0) is 97.2 Å². The molecule has 0 bridgehead atoms. The summed E-state index contributed by atoms with van der Waals surface area (Å²) in [5.41, 5.74) is 2.13. The van der Waals surface area contributed by atoms with E-state index in [0.717, 1.165) is 25.2 Å². The van der Waals surface area contributed by atoms with E-state index in [9.17, 15) is 10.2 Å². The second-order valence-electron chi connectivity index (χ2n) is 12.4. The number of hydrogen-bond acceptors (Lipinski definition) is 2. The number of fused-ring (bicyclic) bond motifs is 5. The maximum atomic E-state index is 11.1. The zero-order valence-electron chi connectivity index (χ0n) is 20.3. The summed E-state index contributed by atoms with van der Waals surface area (Å²) in [6, 6.07) is 0. The molecule has 4 aliphatic carbocycles. The molecule has 3 fully saturated rings. The van der Waals surface area contributed by atoms with E-state index in [1.807, 2.05) is 0 Å². The van der Waals surface area contributed by atoms with E-state index in [0.29, 0.717) is 35.0 Å². The molecule has 0 amide bonds. The van der Waals surface area contributed by atoms with E-state index in [2.05, 4.69) is 59.8 Å². The van der Waals surface area contributed by atoms with Crippen LogP contribution in [-0.2, 0) is 0 Å². The van der Waals surface area contributed by atoms with Gasteiger partial charge in [0.1, 0.15) is 0 Å². The number of allylic oxidation sites excluding steroid dienone is 3. The molecule has 0 spiro atoms. The van der Waals surface area contributed by atoms with Gasteiger partial charge in [-0.15, -0.1) is 0 Å². The van der Waals surface area contributed by atoms with Crippen molar-refractivity contribution in [3.8, 4) is 0 Å². The zero-order chi connectivity index (χ0) is 21.8. The van der Waals surface area contributed by atoms with E-state index in [4.69, 9.17) is 0 Å². The molecule has 0 saturated heterocycles. The lowest BCUT2D eigenvalue weighted by molar-refractivity contribution is -0.0829. The standard InChI is InChI=1S/C28H46O2/c1-17(2)18(3)7-8-19(4)22-9-10-23-21-16-26(30)25-15-20(29)11-13-28(25,6)24(21)12-14-27(22,23)5/h7-8,16-20,22-26,29-30H,9-15H2,1-6H3/b8-7+/t18-,19+,20-,22+,23-,24-,25?,26+,27+,28+/m0/s1. The van der Waals surface area contributed by atoms with Crippen LogP contribution in [0.15, 0.2) is 23.8 Å². The average molecular weight is 415 g/mol. The molecule has 1 unspecified atom stereocenters. The summed E-state index contributed by atoms with van der Waals surface area (Å²) >= 11 is 0. The fourth-order valence-corrected chi connectivity index (χ4v) is 8.17. The van der Waals surface area contributed by atoms with Crippen molar-refractivity contribution in [2.24, 2.45) is 52.3 Å². The number of rotatable bonds is 4. The van der Waals surface area contributed by atoms with Crippen molar-refractivity contribution in [3.05, 3.63) is 23.8 Å². The normalized spacial score (nSPS) is 48.1. The van der Waals surface area contributed by atoms with Crippen LogP contribution in [0.25, 0.3) is 0 Å². The van der Waals surface area contributed by atoms with Crippen molar-refractivity contribution in [1.82, 2.24) is 0 Å². The zero-order valence-corrected chi connectivity index (χ0v) is 20.3. The van der Waals surface area contributed by atoms with Crippen molar-refractivity contribution in [2.75, 3.05) is 0 Å². The van der Waals surface area contributed by atoms with Crippen LogP contribution in [0.4, 0.5) is 0 Å². The van der Waals surface area contributed by atoms with E-state index >= 15 is 0 Å². The van der Waals surface area contributed by atoms with Crippen molar-refractivity contribution in [2.45, 2.75) is 98.7 Å². The fraction of sp³-hybridized carbons (Fsp3) is 0.857. The quantitative estimate of drug-likeness (QED) is 0.524. The molecule has 0 aromatic carbocycles. The van der Waals surface area contributed by atoms with Gasteiger partial charge in [-0.1, -0.05) is 65.3 Å². The molecule has 2 nitrogen and oxygen atoms in total. The maximum absolute atomic E-state index is 11.1. The summed E-state index contributed by atoms with van der Waals surface area (Å²) in [5, 5.41) is 21.4. The Balaban J connectivity index is 1.58. The topological polar surface area (TPSA) is 40.5 Å². The van der Waals surface area contributed by atoms with Crippen molar-refractivity contribution in [3.63, 3.8) is 0 Å². The van der Waals surface area contributed by atoms with Crippen LogP contribution < -0.4 is 0 Å². The van der Waals surface area contributed by atoms with Gasteiger partial charge in [0.2, 0.25) is 0 Å². The molecule has 2 N–H and O–H groups in total. The molecule has 30 heavy (non-hydrogen) atoms. The molecule has 4 rings (SSSR count). The van der Waals surface area contributed by atoms with E-state index < -0.39 is 0 Å². The first-order valence-electron chi connectivity index (χ1n) is 12.8. The van der Waals surface area contributed by atoms with E-state index in [1.165, 1.54) is 25.7 Å². The summed E-state index contributed by atoms with van der Waals surface area (Å²) in [4.78, 5) is 0. The average Bonchev–Trinajstić information content (AvgIpc) is 3.04. The molecule has 0 aromatic rings. The first-order chi connectivity index (χ1) is 14.1. The molecule has 4 aliphatic rings. The third-order valence-electron chi connectivity index (χ3n) is 10.6. The predicted molar refractivity (Wildman–Crippen MR) is 125 cm³/mol. The van der Waals surface area contributed by atoms with Crippen LogP contribution in [0, 0.1) is 52.3 Å². The van der Waals surface area contributed by atoms with Crippen LogP contribution in [0.5, 0.6) is 0 Å². The summed E-state index contributed by atoms with van der Waals surface area (Å²) in [7, 11) is 0. The van der Waals surface area contributed by atoms with Crippen LogP contribution in [-0.4, -0.2) is 22.4 Å². The molecule has 0 radical (unpaired) electrons. The Labute approximate surface area is 185 Å². The smallest absolute Gasteiger partial charge is 0.0758 e. The van der Waals surface area contributed by atoms with Crippen LogP contribution >= 0.6 is 0 Å². The largest absolute Gasteiger partial charge is 0.393 e. The van der Waals surface area contributed by atoms with Gasteiger partial charge in [-0.3, -0.25) is 0 Å². The minimum absolute atomic E-state index is 0.167. The van der Waals surface area contributed by atoms with Crippen molar-refractivity contribution >= 4 is 0 Å². The highest BCUT2D eigenvalue weighted by Crippen LogP contribution is 2.66. The molecular weight excluding hydrogens is 368 g/mol. The molecule has 170 valence electrons. The fourth-order valence-electron chi connectivity index (χ4n) is 8.17. The Morgan fingerprint density at radius 3 is 2.27 bits per heavy atom. The van der Waals surface area contributed by atoms with E-state index in [-0.39, 0.29) is 23.5 Å². The molecule has 10 atom stereocenters. The van der Waals surface area contributed by atoms with Gasteiger partial charge in [0.05, 0.1) is 12.2 Å². The second-order valence-corrected chi connectivity index (χ2v) is 12.4. The van der Waals surface area contributed by atoms with Gasteiger partial charge in [-0.2, -0.15) is 0 Å². The maximum Gasteiger partial charge on any atom is 0.0758 e. The SMILES string of the molecule is CC(C)[C@@H](C)/C=C/[C@@H](C)[C@H]1CC[C@H]2C3=C[C@@H](O)C4C[C@@H](O)CC[C@]4(C)[C@H]3CC[C@]12C. The lowest BCUT2D eigenvalue weighted by Crippen LogP contribution is -2.53. The molecular formula is C28H46O2. The van der Waals surface area contributed by atoms with Crippen LogP contribution in [0.2, 0.25) is 0 Å². The minimum atomic E-state index is -0.373. The Morgan fingerprint density at radius 2 is 1.57 bits per heavy atom. The highest BCUT2D eigenvalue weighted by molar-refractivity contribution is 5.30. The highest BCUT2D eigenvalue weighted by Gasteiger charge is 2.59. The lowest BCUT2D eigenvalue weighted by Gasteiger charge is -2.58. The summed E-state index contributed by atoms with van der Waals surface area (Å²) in [6.07, 6.45) is 14.6. The van der Waals surface area contributed by atoms with Gasteiger partial charge < -0.3 is 10.2 Å². The second kappa shape index (κ2) is 8.07. The Kier molecular flexibility index (Phi) is 6.08. The van der Waals surface area contributed by atoms with Crippen LogP contribution in [0.1, 0.15) is 86.5 Å². The molecule has 0 aromatic heterocycles. The first kappa shape index (κ1) is 22.6. The number of aliphatic hydroxyl groups excluding tert-OH is 2. The summed E-state index contributed by atoms with van der Waals surface area (Å²) in [5.74, 6) is 4.20. The Bertz CT molecular complexity index is 693. The molecule has 2 heteroatoms. The van der Waals surface area contributed by atoms with E-state index in [1.54, 1.807) is 5.57 Å². The Morgan fingerprint density at radius 1 is 0.900 bits per heavy atom. The highest BCUT2D eigenvalue weighted by atomic mass is 16.3. The lowest BCUT2D eigenvalue weighted by atomic mass is 9.47. The van der Waals surface area contributed by atoms with Gasteiger partial charge in [0.15, 0.2) is 0 Å². The van der Waals surface area contributed by atoms with Gasteiger partial charge in [0.25, 0.3) is 0 Å². The van der Waals surface area contributed by atoms with Gasteiger partial charge in [0, 0.05) is 0 Å². The predicted octanol–water partition coefficient (Wildman–Crippen LogP) is 6.38. The van der Waals surface area contributed by atoms with Gasteiger partial charge in [-0.25, -0.2) is 0 Å². The third-order valence-corrected chi connectivity index (χ3v) is 10.6. The summed E-state index contributed by atoms with van der Waals surface area (Å²) in [6.45, 7) is 14.4. The molecule has 0 aliphatic heterocycles. The summed E-state index contributed by atoms with van der Waals surface area (Å²) < 4.78 is 0.